The third kappa shape index (κ3) is 2.41. The van der Waals surface area contributed by atoms with E-state index in [9.17, 15) is 9.59 Å². The van der Waals surface area contributed by atoms with Crippen molar-refractivity contribution >= 4 is 17.5 Å². The lowest BCUT2D eigenvalue weighted by molar-refractivity contribution is -0.134. The molecule has 2 aliphatic rings. The van der Waals surface area contributed by atoms with E-state index in [-0.39, 0.29) is 30.9 Å². The van der Waals surface area contributed by atoms with Gasteiger partial charge in [-0.2, -0.15) is 0 Å². The predicted molar refractivity (Wildman–Crippen MR) is 76.3 cm³/mol. The fourth-order valence-corrected chi connectivity index (χ4v) is 2.64. The van der Waals surface area contributed by atoms with Gasteiger partial charge in [0.25, 0.3) is 0 Å². The van der Waals surface area contributed by atoms with E-state index in [2.05, 4.69) is 0 Å². The Kier molecular flexibility index (Phi) is 3.45. The van der Waals surface area contributed by atoms with E-state index in [1.54, 1.807) is 29.0 Å². The van der Waals surface area contributed by atoms with Gasteiger partial charge in [0.2, 0.25) is 18.6 Å². The van der Waals surface area contributed by atoms with Gasteiger partial charge in [0.1, 0.15) is 0 Å². The summed E-state index contributed by atoms with van der Waals surface area (Å²) >= 11 is 0. The lowest BCUT2D eigenvalue weighted by Gasteiger charge is -2.20. The molecule has 0 saturated carbocycles. The normalized spacial score (nSPS) is 20.0. The number of hydrogen-bond donors (Lipinski definition) is 0. The third-order valence-electron chi connectivity index (χ3n) is 3.99. The average Bonchev–Trinajstić information content (AvgIpc) is 3.10. The van der Waals surface area contributed by atoms with E-state index in [0.29, 0.717) is 24.6 Å². The second-order valence-electron chi connectivity index (χ2n) is 5.30. The van der Waals surface area contributed by atoms with Crippen LogP contribution in [0.15, 0.2) is 18.2 Å². The summed E-state index contributed by atoms with van der Waals surface area (Å²) in [5, 5.41) is 0. The molecular formula is C15H18N2O4. The number of hydrogen-bond acceptors (Lipinski definition) is 4. The van der Waals surface area contributed by atoms with Crippen molar-refractivity contribution in [2.45, 2.75) is 13.3 Å². The monoisotopic (exact) mass is 290 g/mol. The number of anilines is 1. The number of carbonyl (C=O) groups excluding carboxylic acids is 2. The molecule has 21 heavy (non-hydrogen) atoms. The molecule has 6 heteroatoms. The van der Waals surface area contributed by atoms with Crippen molar-refractivity contribution in [2.24, 2.45) is 5.92 Å². The minimum absolute atomic E-state index is 0.0223. The molecule has 1 atom stereocenters. The Hall–Kier alpha value is -2.24. The first-order valence-electron chi connectivity index (χ1n) is 7.05. The molecule has 1 saturated heterocycles. The van der Waals surface area contributed by atoms with Crippen molar-refractivity contribution in [3.05, 3.63) is 18.2 Å². The number of nitrogens with zero attached hydrogens (tertiary/aromatic N) is 2. The molecular weight excluding hydrogens is 272 g/mol. The van der Waals surface area contributed by atoms with Crippen LogP contribution in [0, 0.1) is 5.92 Å². The van der Waals surface area contributed by atoms with Gasteiger partial charge in [-0.3, -0.25) is 9.59 Å². The number of fused-ring (bicyclic) bond motifs is 1. The Morgan fingerprint density at radius 2 is 2.14 bits per heavy atom. The third-order valence-corrected chi connectivity index (χ3v) is 3.99. The van der Waals surface area contributed by atoms with Gasteiger partial charge in [-0.05, 0) is 19.1 Å². The molecule has 3 rings (SSSR count). The first-order valence-corrected chi connectivity index (χ1v) is 7.05. The summed E-state index contributed by atoms with van der Waals surface area (Å²) in [4.78, 5) is 27.7. The quantitative estimate of drug-likeness (QED) is 0.840. The highest BCUT2D eigenvalue weighted by Gasteiger charge is 2.36. The molecule has 0 N–H and O–H groups in total. The maximum absolute atomic E-state index is 12.2. The number of benzene rings is 1. The zero-order chi connectivity index (χ0) is 15.0. The Labute approximate surface area is 123 Å². The molecule has 2 aliphatic heterocycles. The van der Waals surface area contributed by atoms with E-state index >= 15 is 0 Å². The fourth-order valence-electron chi connectivity index (χ4n) is 2.64. The highest BCUT2D eigenvalue weighted by atomic mass is 16.7. The fraction of sp³-hybridized carbons (Fsp3) is 0.467. The van der Waals surface area contributed by atoms with E-state index in [1.165, 1.54) is 0 Å². The Bertz CT molecular complexity index is 587. The van der Waals surface area contributed by atoms with Crippen LogP contribution in [-0.2, 0) is 9.59 Å². The molecule has 0 spiro atoms. The van der Waals surface area contributed by atoms with Crippen LogP contribution in [0.1, 0.15) is 13.3 Å². The highest BCUT2D eigenvalue weighted by molar-refractivity contribution is 6.00. The number of carbonyl (C=O) groups is 2. The van der Waals surface area contributed by atoms with Crippen LogP contribution >= 0.6 is 0 Å². The zero-order valence-corrected chi connectivity index (χ0v) is 12.2. The molecule has 112 valence electrons. The summed E-state index contributed by atoms with van der Waals surface area (Å²) in [5.41, 5.74) is 0.749. The summed E-state index contributed by atoms with van der Waals surface area (Å²) in [6.45, 7) is 3.19. The SMILES string of the molecule is CCN(C)C(=O)C1CC(=O)N(c2ccc3c(c2)OCO3)C1. The molecule has 0 radical (unpaired) electrons. The van der Waals surface area contributed by atoms with Gasteiger partial charge in [-0.15, -0.1) is 0 Å². The van der Waals surface area contributed by atoms with Crippen molar-refractivity contribution < 1.29 is 19.1 Å². The van der Waals surface area contributed by atoms with Crippen LogP contribution in [0.3, 0.4) is 0 Å². The molecule has 1 aromatic rings. The molecule has 0 aliphatic carbocycles. The highest BCUT2D eigenvalue weighted by Crippen LogP contribution is 2.37. The second kappa shape index (κ2) is 5.27. The first-order chi connectivity index (χ1) is 10.1. The van der Waals surface area contributed by atoms with Crippen molar-refractivity contribution in [2.75, 3.05) is 31.8 Å². The molecule has 2 amide bonds. The van der Waals surface area contributed by atoms with E-state index in [0.717, 1.165) is 5.69 Å². The lowest BCUT2D eigenvalue weighted by Crippen LogP contribution is -2.34. The van der Waals surface area contributed by atoms with Crippen molar-refractivity contribution in [3.63, 3.8) is 0 Å². The Balaban J connectivity index is 1.78. The molecule has 1 unspecified atom stereocenters. The largest absolute Gasteiger partial charge is 0.454 e. The molecule has 2 heterocycles. The van der Waals surface area contributed by atoms with Crippen LogP contribution in [0.2, 0.25) is 0 Å². The van der Waals surface area contributed by atoms with Gasteiger partial charge in [0, 0.05) is 38.3 Å². The smallest absolute Gasteiger partial charge is 0.231 e. The molecule has 0 aromatic heterocycles. The van der Waals surface area contributed by atoms with E-state index < -0.39 is 0 Å². The zero-order valence-electron chi connectivity index (χ0n) is 12.2. The number of amides is 2. The van der Waals surface area contributed by atoms with Crippen LogP contribution in [0.4, 0.5) is 5.69 Å². The topological polar surface area (TPSA) is 59.1 Å². The predicted octanol–water partition coefficient (Wildman–Crippen LogP) is 1.25. The summed E-state index contributed by atoms with van der Waals surface area (Å²) in [6.07, 6.45) is 0.262. The average molecular weight is 290 g/mol. The molecule has 1 aromatic carbocycles. The van der Waals surface area contributed by atoms with Gasteiger partial charge in [0.05, 0.1) is 5.92 Å². The summed E-state index contributed by atoms with van der Waals surface area (Å²) in [5.74, 6) is 1.04. The molecule has 1 fully saturated rings. The number of rotatable bonds is 3. The van der Waals surface area contributed by atoms with Gasteiger partial charge in [-0.25, -0.2) is 0 Å². The Morgan fingerprint density at radius 1 is 1.38 bits per heavy atom. The molecule has 6 nitrogen and oxygen atoms in total. The lowest BCUT2D eigenvalue weighted by atomic mass is 10.1. The maximum atomic E-state index is 12.2. The van der Waals surface area contributed by atoms with Crippen molar-refractivity contribution in [1.82, 2.24) is 4.90 Å². The van der Waals surface area contributed by atoms with Gasteiger partial charge in [-0.1, -0.05) is 0 Å². The van der Waals surface area contributed by atoms with Crippen molar-refractivity contribution in [3.8, 4) is 11.5 Å². The van der Waals surface area contributed by atoms with Gasteiger partial charge < -0.3 is 19.3 Å². The minimum Gasteiger partial charge on any atom is -0.454 e. The van der Waals surface area contributed by atoms with Crippen LogP contribution in [0.5, 0.6) is 11.5 Å². The summed E-state index contributed by atoms with van der Waals surface area (Å²) in [7, 11) is 1.76. The van der Waals surface area contributed by atoms with Crippen LogP contribution < -0.4 is 14.4 Å². The molecule has 0 bridgehead atoms. The van der Waals surface area contributed by atoms with Crippen molar-refractivity contribution in [1.29, 1.82) is 0 Å². The van der Waals surface area contributed by atoms with E-state index in [4.69, 9.17) is 9.47 Å². The summed E-state index contributed by atoms with van der Waals surface area (Å²) < 4.78 is 10.6. The van der Waals surface area contributed by atoms with Crippen LogP contribution in [-0.4, -0.2) is 43.6 Å². The standard InChI is InChI=1S/C15H18N2O4/c1-3-16(2)15(19)10-6-14(18)17(8-10)11-4-5-12-13(7-11)21-9-20-12/h4-5,7,10H,3,6,8-9H2,1-2H3. The van der Waals surface area contributed by atoms with Gasteiger partial charge in [0.15, 0.2) is 11.5 Å². The minimum atomic E-state index is -0.270. The Morgan fingerprint density at radius 3 is 2.90 bits per heavy atom. The second-order valence-corrected chi connectivity index (χ2v) is 5.30. The van der Waals surface area contributed by atoms with Crippen LogP contribution in [0.25, 0.3) is 0 Å². The number of ether oxygens (including phenoxy) is 2. The summed E-state index contributed by atoms with van der Waals surface area (Å²) in [6, 6.07) is 5.40. The first kappa shape index (κ1) is 13.7. The van der Waals surface area contributed by atoms with Gasteiger partial charge >= 0.3 is 0 Å². The van der Waals surface area contributed by atoms with E-state index in [1.807, 2.05) is 13.0 Å². The maximum Gasteiger partial charge on any atom is 0.231 e.